The second kappa shape index (κ2) is 4.70. The fourth-order valence-corrected chi connectivity index (χ4v) is 1.47. The van der Waals surface area contributed by atoms with Crippen molar-refractivity contribution in [3.63, 3.8) is 0 Å². The Morgan fingerprint density at radius 2 is 1.91 bits per heavy atom. The van der Waals surface area contributed by atoms with Crippen molar-refractivity contribution in [3.05, 3.63) is 0 Å². The van der Waals surface area contributed by atoms with Crippen LogP contribution in [0.2, 0.25) is 0 Å². The van der Waals surface area contributed by atoms with Gasteiger partial charge in [-0.25, -0.2) is 0 Å². The molecule has 68 valence electrons. The molecule has 1 fully saturated rings. The molecule has 0 amide bonds. The first-order chi connectivity index (χ1) is 5.14. The van der Waals surface area contributed by atoms with Crippen molar-refractivity contribution in [2.45, 2.75) is 51.7 Å². The van der Waals surface area contributed by atoms with E-state index in [1.54, 1.807) is 0 Å². The zero-order chi connectivity index (χ0) is 8.91. The molecule has 3 heteroatoms. The molecule has 0 radical (unpaired) electrons. The van der Waals surface area contributed by atoms with Crippen molar-refractivity contribution < 1.29 is 15.3 Å². The fourth-order valence-electron chi connectivity index (χ4n) is 1.47. The average Bonchev–Trinajstić information content (AvgIpc) is 1.89. The van der Waals surface area contributed by atoms with Crippen LogP contribution in [0.15, 0.2) is 0 Å². The molecular weight excluding hydrogens is 144 g/mol. The van der Waals surface area contributed by atoms with Crippen molar-refractivity contribution in [1.29, 1.82) is 0 Å². The van der Waals surface area contributed by atoms with Crippen LogP contribution in [0.25, 0.3) is 0 Å². The molecule has 1 rings (SSSR count). The predicted molar refractivity (Wildman–Crippen MR) is 43.7 cm³/mol. The molecule has 1 heterocycles. The first-order valence-electron chi connectivity index (χ1n) is 4.02. The lowest BCUT2D eigenvalue weighted by Gasteiger charge is -2.43. The highest BCUT2D eigenvalue weighted by Gasteiger charge is 2.35. The molecule has 2 N–H and O–H groups in total. The van der Waals surface area contributed by atoms with Gasteiger partial charge in [0.1, 0.15) is 0 Å². The number of ether oxygens (including phenoxy) is 1. The average molecular weight is 162 g/mol. The molecule has 0 aromatic carbocycles. The molecule has 1 aliphatic rings. The van der Waals surface area contributed by atoms with E-state index in [4.69, 9.17) is 15.3 Å². The van der Waals surface area contributed by atoms with Gasteiger partial charge in [-0.05, 0) is 20.3 Å². The summed E-state index contributed by atoms with van der Waals surface area (Å²) in [6.45, 7) is 6.51. The highest BCUT2D eigenvalue weighted by atomic mass is 17.0. The van der Waals surface area contributed by atoms with Gasteiger partial charge >= 0.3 is 0 Å². The Bertz CT molecular complexity index is 93.5. The van der Waals surface area contributed by atoms with Gasteiger partial charge < -0.3 is 4.74 Å². The van der Waals surface area contributed by atoms with E-state index in [9.17, 15) is 0 Å². The summed E-state index contributed by atoms with van der Waals surface area (Å²) in [6.07, 6.45) is 4.32. The van der Waals surface area contributed by atoms with E-state index in [0.29, 0.717) is 6.10 Å². The lowest BCUT2D eigenvalue weighted by molar-refractivity contribution is -0.186. The van der Waals surface area contributed by atoms with Gasteiger partial charge in [0.05, 0.1) is 11.7 Å². The second-order valence-corrected chi connectivity index (χ2v) is 3.49. The van der Waals surface area contributed by atoms with Crippen molar-refractivity contribution >= 4 is 0 Å². The molecule has 0 aromatic rings. The van der Waals surface area contributed by atoms with Gasteiger partial charge in [0, 0.05) is 6.42 Å². The van der Waals surface area contributed by atoms with Crippen LogP contribution in [0, 0.1) is 0 Å². The van der Waals surface area contributed by atoms with Gasteiger partial charge in [-0.3, -0.25) is 10.5 Å². The third-order valence-corrected chi connectivity index (χ3v) is 1.82. The first kappa shape index (κ1) is 10.9. The van der Waals surface area contributed by atoms with Gasteiger partial charge in [-0.1, -0.05) is 13.3 Å². The summed E-state index contributed by atoms with van der Waals surface area (Å²) >= 11 is 0. The maximum Gasteiger partial charge on any atom is 0.0655 e. The molecule has 0 aromatic heterocycles. The third kappa shape index (κ3) is 3.70. The second-order valence-electron chi connectivity index (χ2n) is 3.49. The van der Waals surface area contributed by atoms with Crippen LogP contribution >= 0.6 is 0 Å². The number of hydrogen-bond acceptors (Lipinski definition) is 3. The molecule has 3 nitrogen and oxygen atoms in total. The molecule has 0 saturated carbocycles. The Morgan fingerprint density at radius 3 is 2.18 bits per heavy atom. The molecule has 0 spiro atoms. The van der Waals surface area contributed by atoms with Crippen LogP contribution in [-0.4, -0.2) is 22.2 Å². The predicted octanol–water partition coefficient (Wildman–Crippen LogP) is 2.37. The molecule has 1 atom stereocenters. The van der Waals surface area contributed by atoms with Gasteiger partial charge in [0.2, 0.25) is 0 Å². The Hall–Kier alpha value is -0.120. The summed E-state index contributed by atoms with van der Waals surface area (Å²) in [5.74, 6) is 0. The van der Waals surface area contributed by atoms with Gasteiger partial charge in [-0.2, -0.15) is 0 Å². The van der Waals surface area contributed by atoms with Gasteiger partial charge in [0.25, 0.3) is 0 Å². The van der Waals surface area contributed by atoms with Crippen LogP contribution in [0.5, 0.6) is 0 Å². The normalized spacial score (nSPS) is 26.5. The monoisotopic (exact) mass is 162 g/mol. The minimum Gasteiger partial charge on any atom is -0.372 e. The Kier molecular flexibility index (Phi) is 4.65. The zero-order valence-electron chi connectivity index (χ0n) is 7.50. The molecule has 1 aliphatic heterocycles. The van der Waals surface area contributed by atoms with Crippen molar-refractivity contribution in [2.24, 2.45) is 0 Å². The summed E-state index contributed by atoms with van der Waals surface area (Å²) < 4.78 is 5.57. The van der Waals surface area contributed by atoms with Crippen LogP contribution in [0.3, 0.4) is 0 Å². The van der Waals surface area contributed by atoms with E-state index >= 15 is 0 Å². The van der Waals surface area contributed by atoms with Crippen LogP contribution in [0.1, 0.15) is 40.0 Å². The van der Waals surface area contributed by atoms with E-state index in [0.717, 1.165) is 0 Å². The van der Waals surface area contributed by atoms with Crippen LogP contribution < -0.4 is 0 Å². The molecule has 1 saturated heterocycles. The lowest BCUT2D eigenvalue weighted by Crippen LogP contribution is -2.45. The van der Waals surface area contributed by atoms with E-state index < -0.39 is 0 Å². The van der Waals surface area contributed by atoms with Crippen molar-refractivity contribution in [1.82, 2.24) is 0 Å². The molecular formula is C8H18O3. The summed E-state index contributed by atoms with van der Waals surface area (Å²) in [4.78, 5) is 0. The van der Waals surface area contributed by atoms with E-state index in [1.807, 2.05) is 0 Å². The summed E-state index contributed by atoms with van der Waals surface area (Å²) in [6, 6.07) is 0. The molecule has 1 unspecified atom stereocenters. The maximum absolute atomic E-state index is 6.00. The van der Waals surface area contributed by atoms with Crippen LogP contribution in [0.4, 0.5) is 0 Å². The smallest absolute Gasteiger partial charge is 0.0655 e. The SMILES string of the molecule is CCCC1CC(C)(C)O1.OO. The van der Waals surface area contributed by atoms with E-state index in [1.165, 1.54) is 19.3 Å². The van der Waals surface area contributed by atoms with Gasteiger partial charge in [-0.15, -0.1) is 0 Å². The number of rotatable bonds is 2. The Labute approximate surface area is 67.9 Å². The molecule has 11 heavy (non-hydrogen) atoms. The summed E-state index contributed by atoms with van der Waals surface area (Å²) in [5, 5.41) is 12.0. The summed E-state index contributed by atoms with van der Waals surface area (Å²) in [5.41, 5.74) is 0.194. The lowest BCUT2D eigenvalue weighted by atomic mass is 9.91. The molecule has 0 aliphatic carbocycles. The highest BCUT2D eigenvalue weighted by Crippen LogP contribution is 2.33. The maximum atomic E-state index is 6.00. The zero-order valence-corrected chi connectivity index (χ0v) is 7.50. The quantitative estimate of drug-likeness (QED) is 0.484. The highest BCUT2D eigenvalue weighted by molar-refractivity contribution is 4.84. The minimum absolute atomic E-state index is 0.194. The first-order valence-corrected chi connectivity index (χ1v) is 4.02. The Morgan fingerprint density at radius 1 is 1.45 bits per heavy atom. The summed E-state index contributed by atoms with van der Waals surface area (Å²) in [7, 11) is 0. The van der Waals surface area contributed by atoms with Crippen molar-refractivity contribution in [3.8, 4) is 0 Å². The van der Waals surface area contributed by atoms with E-state index in [2.05, 4.69) is 20.8 Å². The van der Waals surface area contributed by atoms with Crippen LogP contribution in [-0.2, 0) is 4.74 Å². The minimum atomic E-state index is 0.194. The van der Waals surface area contributed by atoms with Crippen molar-refractivity contribution in [2.75, 3.05) is 0 Å². The van der Waals surface area contributed by atoms with E-state index in [-0.39, 0.29) is 5.60 Å². The topological polar surface area (TPSA) is 49.7 Å². The number of hydrogen-bond donors (Lipinski definition) is 2. The van der Waals surface area contributed by atoms with Gasteiger partial charge in [0.15, 0.2) is 0 Å². The third-order valence-electron chi connectivity index (χ3n) is 1.82. The fraction of sp³-hybridized carbons (Fsp3) is 1.00. The largest absolute Gasteiger partial charge is 0.372 e. The standard InChI is InChI=1S/C8H16O.H2O2/c1-4-5-7-6-8(2,3)9-7;1-2/h7H,4-6H2,1-3H3;1-2H. The molecule has 0 bridgehead atoms. The Balaban J connectivity index is 0.000000461.